The number of thiophene rings is 1. The molecule has 3 N–H and O–H groups in total. The SMILES string of the molecule is Cc1ncc(Cl)cc1N[C@@H](C)c1ccc(C(=O)N[C@@H](CC2CCC3CC32)C(=O)NC2CC(F)C2)s1. The first kappa shape index (κ1) is 24.5. The fraction of sp³-hybridized carbons (Fsp3) is 0.577. The average molecular weight is 519 g/mol. The van der Waals surface area contributed by atoms with Gasteiger partial charge in [0.25, 0.3) is 5.91 Å². The van der Waals surface area contributed by atoms with Crippen molar-refractivity contribution < 1.29 is 14.0 Å². The second-order valence-electron chi connectivity index (χ2n) is 10.4. The average Bonchev–Trinajstić information content (AvgIpc) is 3.22. The van der Waals surface area contributed by atoms with Gasteiger partial charge in [-0.05, 0) is 88.3 Å². The first-order valence-electron chi connectivity index (χ1n) is 12.5. The van der Waals surface area contributed by atoms with Gasteiger partial charge in [0.15, 0.2) is 0 Å². The van der Waals surface area contributed by atoms with E-state index in [9.17, 15) is 14.0 Å². The Morgan fingerprint density at radius 1 is 1.26 bits per heavy atom. The Kier molecular flexibility index (Phi) is 7.04. The molecule has 0 aromatic carbocycles. The van der Waals surface area contributed by atoms with Gasteiger partial charge >= 0.3 is 0 Å². The second kappa shape index (κ2) is 10.1. The molecular formula is C26H32ClFN4O2S. The van der Waals surface area contributed by atoms with Gasteiger partial charge in [-0.15, -0.1) is 11.3 Å². The van der Waals surface area contributed by atoms with E-state index in [1.54, 1.807) is 12.3 Å². The second-order valence-corrected chi connectivity index (χ2v) is 11.9. The quantitative estimate of drug-likeness (QED) is 0.413. The van der Waals surface area contributed by atoms with Crippen LogP contribution < -0.4 is 16.0 Å². The minimum absolute atomic E-state index is 0.0443. The number of aromatic nitrogens is 1. The largest absolute Gasteiger partial charge is 0.376 e. The van der Waals surface area contributed by atoms with Crippen LogP contribution in [0, 0.1) is 24.7 Å². The van der Waals surface area contributed by atoms with Crippen LogP contribution in [0.4, 0.5) is 10.1 Å². The van der Waals surface area contributed by atoms with Gasteiger partial charge in [0.1, 0.15) is 12.2 Å². The Hall–Kier alpha value is -2.19. The van der Waals surface area contributed by atoms with Crippen molar-refractivity contribution in [3.05, 3.63) is 44.9 Å². The zero-order valence-electron chi connectivity index (χ0n) is 20.0. The number of pyridine rings is 1. The molecule has 6 nitrogen and oxygen atoms in total. The van der Waals surface area contributed by atoms with Crippen molar-refractivity contribution in [2.45, 2.75) is 76.7 Å². The predicted molar refractivity (Wildman–Crippen MR) is 137 cm³/mol. The Morgan fingerprint density at radius 3 is 2.74 bits per heavy atom. The molecular weight excluding hydrogens is 487 g/mol. The molecule has 0 saturated heterocycles. The van der Waals surface area contributed by atoms with Gasteiger partial charge in [0.2, 0.25) is 5.91 Å². The summed E-state index contributed by atoms with van der Waals surface area (Å²) in [6.07, 6.45) is 5.76. The summed E-state index contributed by atoms with van der Waals surface area (Å²) >= 11 is 7.49. The van der Waals surface area contributed by atoms with Crippen molar-refractivity contribution in [2.75, 3.05) is 5.32 Å². The third-order valence-electron chi connectivity index (χ3n) is 7.78. The minimum Gasteiger partial charge on any atom is -0.376 e. The molecule has 3 aliphatic rings. The number of carbonyl (C=O) groups excluding carboxylic acids is 2. The number of nitrogens with one attached hydrogen (secondary N) is 3. The Bertz CT molecular complexity index is 1100. The number of rotatable bonds is 9. The van der Waals surface area contributed by atoms with E-state index < -0.39 is 12.2 Å². The summed E-state index contributed by atoms with van der Waals surface area (Å²) in [5.74, 6) is 1.56. The Balaban J connectivity index is 1.23. The lowest BCUT2D eigenvalue weighted by atomic mass is 9.89. The van der Waals surface area contributed by atoms with Crippen molar-refractivity contribution in [1.82, 2.24) is 15.6 Å². The number of alkyl halides is 1. The van der Waals surface area contributed by atoms with Gasteiger partial charge < -0.3 is 16.0 Å². The van der Waals surface area contributed by atoms with E-state index in [2.05, 4.69) is 20.9 Å². The number of anilines is 1. The van der Waals surface area contributed by atoms with Crippen LogP contribution in [0.15, 0.2) is 24.4 Å². The Labute approximate surface area is 214 Å². The van der Waals surface area contributed by atoms with Gasteiger partial charge in [0, 0.05) is 17.1 Å². The lowest BCUT2D eigenvalue weighted by Gasteiger charge is -2.32. The number of carbonyl (C=O) groups is 2. The number of amides is 2. The molecule has 0 bridgehead atoms. The topological polar surface area (TPSA) is 83.1 Å². The van der Waals surface area contributed by atoms with Crippen LogP contribution in [-0.2, 0) is 4.79 Å². The maximum atomic E-state index is 13.2. The summed E-state index contributed by atoms with van der Waals surface area (Å²) in [5, 5.41) is 9.92. The van der Waals surface area contributed by atoms with Crippen molar-refractivity contribution in [2.24, 2.45) is 17.8 Å². The molecule has 3 aliphatic carbocycles. The van der Waals surface area contributed by atoms with Crippen LogP contribution in [-0.4, -0.2) is 35.1 Å². The highest BCUT2D eigenvalue weighted by Crippen LogP contribution is 2.56. The van der Waals surface area contributed by atoms with Crippen molar-refractivity contribution in [3.8, 4) is 0 Å². The highest BCUT2D eigenvalue weighted by atomic mass is 35.5. The molecule has 5 rings (SSSR count). The normalized spacial score (nSPS) is 28.4. The number of fused-ring (bicyclic) bond motifs is 1. The summed E-state index contributed by atoms with van der Waals surface area (Å²) in [4.78, 5) is 32.0. The molecule has 0 radical (unpaired) electrons. The van der Waals surface area contributed by atoms with E-state index in [-0.39, 0.29) is 23.9 Å². The Morgan fingerprint density at radius 2 is 2.06 bits per heavy atom. The summed E-state index contributed by atoms with van der Waals surface area (Å²) in [5.41, 5.74) is 1.70. The molecule has 3 fully saturated rings. The molecule has 2 aromatic rings. The molecule has 2 aromatic heterocycles. The van der Waals surface area contributed by atoms with Gasteiger partial charge in [-0.25, -0.2) is 4.39 Å². The molecule has 35 heavy (non-hydrogen) atoms. The molecule has 5 atom stereocenters. The lowest BCUT2D eigenvalue weighted by molar-refractivity contribution is -0.125. The van der Waals surface area contributed by atoms with Crippen molar-refractivity contribution in [3.63, 3.8) is 0 Å². The maximum Gasteiger partial charge on any atom is 0.262 e. The van der Waals surface area contributed by atoms with Crippen LogP contribution in [0.3, 0.4) is 0 Å². The van der Waals surface area contributed by atoms with Crippen LogP contribution in [0.5, 0.6) is 0 Å². The van der Waals surface area contributed by atoms with Crippen LogP contribution in [0.25, 0.3) is 0 Å². The van der Waals surface area contributed by atoms with Crippen molar-refractivity contribution >= 4 is 40.4 Å². The maximum absolute atomic E-state index is 13.2. The van der Waals surface area contributed by atoms with E-state index in [1.165, 1.54) is 24.2 Å². The third-order valence-corrected chi connectivity index (χ3v) is 9.25. The van der Waals surface area contributed by atoms with E-state index in [4.69, 9.17) is 11.6 Å². The standard InChI is InChI=1S/C26H32ClFN4O2S/c1-13-21(9-17(27)12-29-13)30-14(2)23-5-6-24(35-23)26(34)32-22(8-16-4-3-15-7-20(15)16)25(33)31-19-10-18(28)11-19/h5-6,9,12,14-16,18-20,22,30H,3-4,7-8,10-11H2,1-2H3,(H,31,33)(H,32,34)/t14-,15?,16?,18?,19?,20?,22-/m0/s1. The smallest absolute Gasteiger partial charge is 0.262 e. The number of halogens is 2. The van der Waals surface area contributed by atoms with Gasteiger partial charge in [0.05, 0.1) is 27.3 Å². The molecule has 0 aliphatic heterocycles. The van der Waals surface area contributed by atoms with Gasteiger partial charge in [-0.3, -0.25) is 14.6 Å². The van der Waals surface area contributed by atoms with Gasteiger partial charge in [-0.2, -0.15) is 0 Å². The van der Waals surface area contributed by atoms with E-state index in [0.717, 1.165) is 28.6 Å². The number of hydrogen-bond donors (Lipinski definition) is 3. The molecule has 188 valence electrons. The number of nitrogens with zero attached hydrogens (tertiary/aromatic N) is 1. The van der Waals surface area contributed by atoms with E-state index in [1.807, 2.05) is 26.0 Å². The monoisotopic (exact) mass is 518 g/mol. The van der Waals surface area contributed by atoms with Crippen LogP contribution >= 0.6 is 22.9 Å². The molecule has 3 saturated carbocycles. The molecule has 2 heterocycles. The van der Waals surface area contributed by atoms with Crippen LogP contribution in [0.2, 0.25) is 5.02 Å². The number of aryl methyl sites for hydroxylation is 1. The highest BCUT2D eigenvalue weighted by Gasteiger charge is 2.49. The van der Waals surface area contributed by atoms with E-state index >= 15 is 0 Å². The minimum atomic E-state index is -0.831. The van der Waals surface area contributed by atoms with Crippen molar-refractivity contribution in [1.29, 1.82) is 0 Å². The number of hydrogen-bond acceptors (Lipinski definition) is 5. The molecule has 3 unspecified atom stereocenters. The summed E-state index contributed by atoms with van der Waals surface area (Å²) in [6.45, 7) is 3.93. The van der Waals surface area contributed by atoms with Gasteiger partial charge in [-0.1, -0.05) is 11.6 Å². The lowest BCUT2D eigenvalue weighted by Crippen LogP contribution is -2.53. The fourth-order valence-corrected chi connectivity index (χ4v) is 6.58. The zero-order valence-corrected chi connectivity index (χ0v) is 21.6. The fourth-order valence-electron chi connectivity index (χ4n) is 5.51. The van der Waals surface area contributed by atoms with E-state index in [0.29, 0.717) is 41.0 Å². The summed E-state index contributed by atoms with van der Waals surface area (Å²) in [6, 6.07) is 4.81. The summed E-state index contributed by atoms with van der Waals surface area (Å²) in [7, 11) is 0. The van der Waals surface area contributed by atoms with Crippen LogP contribution in [0.1, 0.15) is 71.7 Å². The predicted octanol–water partition coefficient (Wildman–Crippen LogP) is 5.43. The third kappa shape index (κ3) is 5.64. The highest BCUT2D eigenvalue weighted by molar-refractivity contribution is 7.14. The first-order chi connectivity index (χ1) is 16.8. The molecule has 0 spiro atoms. The zero-order chi connectivity index (χ0) is 24.7. The molecule has 9 heteroatoms. The summed E-state index contributed by atoms with van der Waals surface area (Å²) < 4.78 is 13.2. The first-order valence-corrected chi connectivity index (χ1v) is 13.7. The molecule has 2 amide bonds.